The predicted molar refractivity (Wildman–Crippen MR) is 141 cm³/mol. The number of hydrogen-bond donors (Lipinski definition) is 0. The number of aryl methyl sites for hydroxylation is 1. The number of thioether (sulfide) groups is 1. The van der Waals surface area contributed by atoms with Crippen molar-refractivity contribution in [3.63, 3.8) is 0 Å². The van der Waals surface area contributed by atoms with Gasteiger partial charge >= 0.3 is 0 Å². The topological polar surface area (TPSA) is 65.1 Å². The van der Waals surface area contributed by atoms with Gasteiger partial charge in [-0.2, -0.15) is 0 Å². The normalized spacial score (nSPS) is 14.5. The molecule has 3 aromatic rings. The number of methoxy groups -OCH3 is 1. The molecular formula is C27H24BrNO5S. The first-order chi connectivity index (χ1) is 16.9. The highest BCUT2D eigenvalue weighted by molar-refractivity contribution is 9.10. The van der Waals surface area contributed by atoms with Gasteiger partial charge in [-0.05, 0) is 76.1 Å². The summed E-state index contributed by atoms with van der Waals surface area (Å²) in [6.07, 6.45) is 1.68. The summed E-state index contributed by atoms with van der Waals surface area (Å²) in [5.74, 6) is 1.44. The van der Waals surface area contributed by atoms with Crippen molar-refractivity contribution in [2.24, 2.45) is 0 Å². The third-order valence-electron chi connectivity index (χ3n) is 5.25. The van der Waals surface area contributed by atoms with Crippen LogP contribution in [0.4, 0.5) is 4.79 Å². The largest absolute Gasteiger partial charge is 0.493 e. The Labute approximate surface area is 217 Å². The molecule has 35 heavy (non-hydrogen) atoms. The Kier molecular flexibility index (Phi) is 8.15. The number of benzene rings is 3. The summed E-state index contributed by atoms with van der Waals surface area (Å²) in [5, 5.41) is -0.318. The van der Waals surface area contributed by atoms with E-state index >= 15 is 0 Å². The molecule has 3 aromatic carbocycles. The van der Waals surface area contributed by atoms with Crippen LogP contribution in [0.1, 0.15) is 16.7 Å². The van der Waals surface area contributed by atoms with Crippen LogP contribution in [-0.2, 0) is 11.4 Å². The van der Waals surface area contributed by atoms with E-state index in [2.05, 4.69) is 15.9 Å². The predicted octanol–water partition coefficient (Wildman–Crippen LogP) is 6.46. The number of halogens is 1. The Bertz CT molecular complexity index is 1240. The smallest absolute Gasteiger partial charge is 0.293 e. The highest BCUT2D eigenvalue weighted by Gasteiger charge is 2.34. The Hall–Kier alpha value is -3.23. The Morgan fingerprint density at radius 2 is 1.74 bits per heavy atom. The van der Waals surface area contributed by atoms with Crippen LogP contribution in [0, 0.1) is 6.92 Å². The van der Waals surface area contributed by atoms with Crippen molar-refractivity contribution in [2.45, 2.75) is 13.5 Å². The molecule has 6 nitrogen and oxygen atoms in total. The minimum Gasteiger partial charge on any atom is -0.493 e. The van der Waals surface area contributed by atoms with E-state index in [1.807, 2.05) is 67.6 Å². The summed E-state index contributed by atoms with van der Waals surface area (Å²) in [4.78, 5) is 26.8. The lowest BCUT2D eigenvalue weighted by Crippen LogP contribution is -2.32. The van der Waals surface area contributed by atoms with E-state index in [0.29, 0.717) is 38.8 Å². The first-order valence-electron chi connectivity index (χ1n) is 10.9. The van der Waals surface area contributed by atoms with E-state index in [1.165, 1.54) is 10.5 Å². The molecule has 0 unspecified atom stereocenters. The number of imide groups is 1. The van der Waals surface area contributed by atoms with Crippen molar-refractivity contribution < 1.29 is 23.8 Å². The van der Waals surface area contributed by atoms with Crippen LogP contribution < -0.4 is 14.2 Å². The van der Waals surface area contributed by atoms with Gasteiger partial charge in [-0.15, -0.1) is 0 Å². The lowest BCUT2D eigenvalue weighted by molar-refractivity contribution is -0.123. The molecular weight excluding hydrogens is 530 g/mol. The number of carbonyl (C=O) groups is 2. The first kappa shape index (κ1) is 24.9. The van der Waals surface area contributed by atoms with Gasteiger partial charge in [0.2, 0.25) is 0 Å². The molecule has 0 N–H and O–H groups in total. The molecule has 4 rings (SSSR count). The Morgan fingerprint density at radius 3 is 2.46 bits per heavy atom. The van der Waals surface area contributed by atoms with Gasteiger partial charge in [0, 0.05) is 0 Å². The lowest BCUT2D eigenvalue weighted by Gasteiger charge is -2.14. The van der Waals surface area contributed by atoms with Crippen molar-refractivity contribution >= 4 is 44.9 Å². The Morgan fingerprint density at radius 1 is 1.00 bits per heavy atom. The van der Waals surface area contributed by atoms with Crippen LogP contribution in [0.3, 0.4) is 0 Å². The summed E-state index contributed by atoms with van der Waals surface area (Å²) in [7, 11) is 1.56. The zero-order valence-corrected chi connectivity index (χ0v) is 21.7. The van der Waals surface area contributed by atoms with Crippen LogP contribution >= 0.6 is 27.7 Å². The molecule has 0 aliphatic carbocycles. The molecule has 2 amide bonds. The molecule has 1 aliphatic rings. The number of carbonyl (C=O) groups excluding carboxylic acids is 2. The summed E-state index contributed by atoms with van der Waals surface area (Å²) < 4.78 is 17.9. The molecule has 0 spiro atoms. The minimum atomic E-state index is -0.341. The van der Waals surface area contributed by atoms with Crippen LogP contribution in [0.25, 0.3) is 6.08 Å². The van der Waals surface area contributed by atoms with Gasteiger partial charge in [-0.1, -0.05) is 48.0 Å². The van der Waals surface area contributed by atoms with Crippen LogP contribution in [-0.4, -0.2) is 36.3 Å². The summed E-state index contributed by atoms with van der Waals surface area (Å²) in [6.45, 7) is 2.83. The van der Waals surface area contributed by atoms with Gasteiger partial charge in [0.1, 0.15) is 19.0 Å². The maximum Gasteiger partial charge on any atom is 0.293 e. The van der Waals surface area contributed by atoms with E-state index in [9.17, 15) is 9.59 Å². The molecule has 1 saturated heterocycles. The molecule has 0 bridgehead atoms. The first-order valence-corrected chi connectivity index (χ1v) is 12.5. The molecule has 0 radical (unpaired) electrons. The van der Waals surface area contributed by atoms with E-state index in [4.69, 9.17) is 14.2 Å². The molecule has 8 heteroatoms. The zero-order valence-electron chi connectivity index (χ0n) is 19.3. The van der Waals surface area contributed by atoms with E-state index < -0.39 is 0 Å². The number of para-hydroxylation sites is 1. The van der Waals surface area contributed by atoms with E-state index in [0.717, 1.165) is 17.3 Å². The van der Waals surface area contributed by atoms with Gasteiger partial charge in [0.25, 0.3) is 11.1 Å². The van der Waals surface area contributed by atoms with Crippen molar-refractivity contribution in [1.29, 1.82) is 0 Å². The van der Waals surface area contributed by atoms with E-state index in [1.54, 1.807) is 19.3 Å². The Balaban J connectivity index is 1.44. The van der Waals surface area contributed by atoms with Crippen molar-refractivity contribution in [3.05, 3.63) is 92.8 Å². The second-order valence-corrected chi connectivity index (χ2v) is 9.65. The van der Waals surface area contributed by atoms with Crippen LogP contribution in [0.2, 0.25) is 0 Å². The minimum absolute atomic E-state index is 0.176. The molecule has 0 aromatic heterocycles. The van der Waals surface area contributed by atoms with Gasteiger partial charge in [0.15, 0.2) is 11.5 Å². The number of ether oxygens (including phenoxy) is 3. The lowest BCUT2D eigenvalue weighted by atomic mass is 10.1. The maximum atomic E-state index is 12.8. The molecule has 1 aliphatic heterocycles. The molecule has 1 heterocycles. The number of rotatable bonds is 9. The van der Waals surface area contributed by atoms with Crippen LogP contribution in [0.15, 0.2) is 76.1 Å². The van der Waals surface area contributed by atoms with E-state index in [-0.39, 0.29) is 24.3 Å². The van der Waals surface area contributed by atoms with Gasteiger partial charge in [-0.3, -0.25) is 14.5 Å². The standard InChI is InChI=1S/C27H24BrNO5S/c1-18-8-10-19(11-9-18)17-34-25-22(28)14-20(15-23(25)32-2)16-24-26(30)29(27(31)35-24)12-13-33-21-6-4-3-5-7-21/h3-11,14-16H,12-13,17H2,1-2H3/b24-16-. The summed E-state index contributed by atoms with van der Waals surface area (Å²) >= 11 is 4.46. The summed E-state index contributed by atoms with van der Waals surface area (Å²) in [6, 6.07) is 21.0. The fourth-order valence-corrected chi connectivity index (χ4v) is 4.86. The highest BCUT2D eigenvalue weighted by atomic mass is 79.9. The third kappa shape index (κ3) is 6.26. The summed E-state index contributed by atoms with van der Waals surface area (Å²) in [5.41, 5.74) is 2.94. The number of amides is 2. The second kappa shape index (κ2) is 11.5. The third-order valence-corrected chi connectivity index (χ3v) is 6.75. The number of hydrogen-bond acceptors (Lipinski definition) is 6. The van der Waals surface area contributed by atoms with Gasteiger partial charge in [0.05, 0.1) is 23.0 Å². The highest BCUT2D eigenvalue weighted by Crippen LogP contribution is 2.39. The van der Waals surface area contributed by atoms with Crippen LogP contribution in [0.5, 0.6) is 17.2 Å². The fraction of sp³-hybridized carbons (Fsp3) is 0.185. The van der Waals surface area contributed by atoms with Crippen molar-refractivity contribution in [1.82, 2.24) is 4.90 Å². The zero-order chi connectivity index (χ0) is 24.8. The maximum absolute atomic E-state index is 12.8. The van der Waals surface area contributed by atoms with Gasteiger partial charge < -0.3 is 14.2 Å². The second-order valence-electron chi connectivity index (χ2n) is 7.80. The average Bonchev–Trinajstić information content (AvgIpc) is 3.12. The monoisotopic (exact) mass is 553 g/mol. The quantitative estimate of drug-likeness (QED) is 0.283. The number of nitrogens with zero attached hydrogens (tertiary/aromatic N) is 1. The average molecular weight is 554 g/mol. The molecule has 1 fully saturated rings. The SMILES string of the molecule is COc1cc(/C=C2\SC(=O)N(CCOc3ccccc3)C2=O)cc(Br)c1OCc1ccc(C)cc1. The van der Waals surface area contributed by atoms with Crippen molar-refractivity contribution in [3.8, 4) is 17.2 Å². The molecule has 180 valence electrons. The molecule has 0 atom stereocenters. The van der Waals surface area contributed by atoms with Gasteiger partial charge in [-0.25, -0.2) is 0 Å². The van der Waals surface area contributed by atoms with Crippen molar-refractivity contribution in [2.75, 3.05) is 20.3 Å². The fourth-order valence-electron chi connectivity index (χ4n) is 3.42. The molecule has 0 saturated carbocycles.